The van der Waals surface area contributed by atoms with E-state index in [1.807, 2.05) is 6.07 Å². The summed E-state index contributed by atoms with van der Waals surface area (Å²) in [5.41, 5.74) is 2.28. The Morgan fingerprint density at radius 3 is 2.33 bits per heavy atom. The average molecular weight is 492 g/mol. The number of rotatable bonds is 5. The van der Waals surface area contributed by atoms with Gasteiger partial charge in [0, 0.05) is 43.0 Å². The van der Waals surface area contributed by atoms with Gasteiger partial charge in [0.1, 0.15) is 0 Å². The summed E-state index contributed by atoms with van der Waals surface area (Å²) in [6, 6.07) is 11.4. The lowest BCUT2D eigenvalue weighted by molar-refractivity contribution is 0.0982. The topological polar surface area (TPSA) is 104 Å². The van der Waals surface area contributed by atoms with Crippen molar-refractivity contribution in [2.24, 2.45) is 0 Å². The van der Waals surface area contributed by atoms with Gasteiger partial charge in [0.05, 0.1) is 11.2 Å². The summed E-state index contributed by atoms with van der Waals surface area (Å²) in [6.45, 7) is 0.494. The summed E-state index contributed by atoms with van der Waals surface area (Å²) in [6.07, 6.45) is 6.17. The van der Waals surface area contributed by atoms with Crippen LogP contribution >= 0.6 is 0 Å². The third-order valence-electron chi connectivity index (χ3n) is 6.54. The van der Waals surface area contributed by atoms with Crippen LogP contribution in [0.4, 0.5) is 11.4 Å². The minimum absolute atomic E-state index is 0.0675. The van der Waals surface area contributed by atoms with Gasteiger partial charge in [-0.05, 0) is 54.8 Å². The molecule has 2 aromatic carbocycles. The molecule has 0 saturated heterocycles. The molecule has 1 fully saturated rings. The summed E-state index contributed by atoms with van der Waals surface area (Å²) in [7, 11) is -4.19. The lowest BCUT2D eigenvalue weighted by atomic mass is 9.70. The van der Waals surface area contributed by atoms with E-state index in [0.717, 1.165) is 53.9 Å². The summed E-state index contributed by atoms with van der Waals surface area (Å²) in [5.74, 6) is -0.265. The summed E-state index contributed by atoms with van der Waals surface area (Å²) in [5, 5.41) is 0. The third kappa shape index (κ3) is 4.51. The highest BCUT2D eigenvalue weighted by Crippen LogP contribution is 2.50. The molecule has 0 unspecified atom stereocenters. The van der Waals surface area contributed by atoms with Gasteiger partial charge in [0.15, 0.2) is 0 Å². The molecule has 10 heteroatoms. The van der Waals surface area contributed by atoms with Crippen molar-refractivity contribution >= 4 is 37.3 Å². The molecule has 0 aromatic heterocycles. The summed E-state index contributed by atoms with van der Waals surface area (Å²) in [4.78, 5) is 15.4. The Morgan fingerprint density at radius 2 is 1.70 bits per heavy atom. The van der Waals surface area contributed by atoms with Crippen LogP contribution in [-0.4, -0.2) is 53.9 Å². The molecule has 33 heavy (non-hydrogen) atoms. The smallest absolute Gasteiger partial charge is 0.258 e. The Bertz CT molecular complexity index is 1300. The fraction of sp³-hybridized carbons (Fsp3) is 0.435. The Hall–Kier alpha value is -2.43. The molecular weight excluding hydrogens is 462 g/mol. The van der Waals surface area contributed by atoms with Gasteiger partial charge < -0.3 is 4.90 Å². The van der Waals surface area contributed by atoms with E-state index in [1.54, 1.807) is 29.2 Å². The van der Waals surface area contributed by atoms with Crippen LogP contribution in [0.25, 0.3) is 0 Å². The number of hydrogen-bond acceptors (Lipinski definition) is 5. The molecule has 0 bridgehead atoms. The molecule has 1 saturated carbocycles. The highest BCUT2D eigenvalue weighted by Gasteiger charge is 2.45. The van der Waals surface area contributed by atoms with E-state index in [2.05, 4.69) is 4.72 Å². The number of benzene rings is 2. The largest absolute Gasteiger partial charge is 0.307 e. The maximum atomic E-state index is 13.6. The van der Waals surface area contributed by atoms with Gasteiger partial charge in [0.25, 0.3) is 5.91 Å². The highest BCUT2D eigenvalue weighted by atomic mass is 32.2. The van der Waals surface area contributed by atoms with E-state index >= 15 is 0 Å². The van der Waals surface area contributed by atoms with Crippen molar-refractivity contribution in [3.63, 3.8) is 0 Å². The molecule has 1 aliphatic heterocycles. The molecule has 1 amide bonds. The van der Waals surface area contributed by atoms with Gasteiger partial charge in [-0.25, -0.2) is 21.1 Å². The Balaban J connectivity index is 1.75. The fourth-order valence-electron chi connectivity index (χ4n) is 4.94. The summed E-state index contributed by atoms with van der Waals surface area (Å²) >= 11 is 0. The molecule has 178 valence electrons. The number of nitrogens with one attached hydrogen (secondary N) is 1. The number of carbonyl (C=O) groups is 1. The van der Waals surface area contributed by atoms with Crippen molar-refractivity contribution in [3.05, 3.63) is 53.6 Å². The monoisotopic (exact) mass is 491 g/mol. The van der Waals surface area contributed by atoms with E-state index in [9.17, 15) is 21.6 Å². The highest BCUT2D eigenvalue weighted by molar-refractivity contribution is 7.92. The van der Waals surface area contributed by atoms with Crippen molar-refractivity contribution in [2.75, 3.05) is 36.5 Å². The Labute approximate surface area is 195 Å². The van der Waals surface area contributed by atoms with Crippen LogP contribution in [0.2, 0.25) is 0 Å². The molecular formula is C23H29N3O5S2. The van der Waals surface area contributed by atoms with E-state index in [-0.39, 0.29) is 16.2 Å². The second kappa shape index (κ2) is 8.41. The number of anilines is 2. The normalized spacial score (nSPS) is 17.9. The predicted molar refractivity (Wildman–Crippen MR) is 129 cm³/mol. The van der Waals surface area contributed by atoms with Gasteiger partial charge in [-0.15, -0.1) is 0 Å². The zero-order valence-corrected chi connectivity index (χ0v) is 20.7. The van der Waals surface area contributed by atoms with Crippen LogP contribution in [-0.2, 0) is 25.5 Å². The lowest BCUT2D eigenvalue weighted by Gasteiger charge is -2.34. The number of hydrogen-bond donors (Lipinski definition) is 1. The number of fused-ring (bicyclic) bond motifs is 2. The SMILES string of the molecule is CN(C)S(=O)(=O)c1cccc(C(=O)N2CC3(CCCCC3)c3cc(NS(C)(=O)=O)ccc32)c1. The van der Waals surface area contributed by atoms with Crippen molar-refractivity contribution < 1.29 is 21.6 Å². The maximum Gasteiger partial charge on any atom is 0.258 e. The molecule has 0 radical (unpaired) electrons. The molecule has 1 heterocycles. The number of nitrogens with zero attached hydrogens (tertiary/aromatic N) is 2. The van der Waals surface area contributed by atoms with Crippen molar-refractivity contribution in [1.29, 1.82) is 0 Å². The average Bonchev–Trinajstić information content (AvgIpc) is 3.05. The minimum atomic E-state index is -3.67. The summed E-state index contributed by atoms with van der Waals surface area (Å²) < 4.78 is 52.3. The fourth-order valence-corrected chi connectivity index (χ4v) is 6.44. The lowest BCUT2D eigenvalue weighted by Crippen LogP contribution is -2.38. The van der Waals surface area contributed by atoms with E-state index in [4.69, 9.17) is 0 Å². The van der Waals surface area contributed by atoms with E-state index in [0.29, 0.717) is 17.8 Å². The predicted octanol–water partition coefficient (Wildman–Crippen LogP) is 3.17. The molecule has 1 aliphatic carbocycles. The van der Waals surface area contributed by atoms with E-state index < -0.39 is 20.0 Å². The quantitative estimate of drug-likeness (QED) is 0.692. The molecule has 2 aromatic rings. The molecule has 1 N–H and O–H groups in total. The number of amides is 1. The van der Waals surface area contributed by atoms with Gasteiger partial charge in [0.2, 0.25) is 20.0 Å². The van der Waals surface area contributed by atoms with Gasteiger partial charge in [-0.3, -0.25) is 9.52 Å². The first-order valence-electron chi connectivity index (χ1n) is 10.9. The third-order valence-corrected chi connectivity index (χ3v) is 8.96. The molecule has 8 nitrogen and oxygen atoms in total. The first kappa shape index (κ1) is 23.7. The Kier molecular flexibility index (Phi) is 6.05. The second-order valence-corrected chi connectivity index (χ2v) is 13.1. The molecule has 0 atom stereocenters. The molecule has 2 aliphatic rings. The first-order valence-corrected chi connectivity index (χ1v) is 14.2. The minimum Gasteiger partial charge on any atom is -0.307 e. The van der Waals surface area contributed by atoms with Crippen LogP contribution in [0.5, 0.6) is 0 Å². The van der Waals surface area contributed by atoms with E-state index in [1.165, 1.54) is 26.2 Å². The van der Waals surface area contributed by atoms with Gasteiger partial charge >= 0.3 is 0 Å². The number of carbonyl (C=O) groups excluding carboxylic acids is 1. The standard InChI is InChI=1S/C23H29N3O5S2/c1-25(2)33(30,31)19-9-7-8-17(14-19)22(27)26-16-23(12-5-4-6-13-23)20-15-18(10-11-21(20)26)24-32(3,28)29/h7-11,14-15,24H,4-6,12-13,16H2,1-3H3. The Morgan fingerprint density at radius 1 is 1.00 bits per heavy atom. The van der Waals surface area contributed by atoms with Crippen LogP contribution < -0.4 is 9.62 Å². The maximum absolute atomic E-state index is 13.6. The van der Waals surface area contributed by atoms with Crippen LogP contribution in [0.15, 0.2) is 47.4 Å². The zero-order valence-electron chi connectivity index (χ0n) is 19.0. The molecule has 1 spiro atoms. The van der Waals surface area contributed by atoms with Crippen LogP contribution in [0, 0.1) is 0 Å². The van der Waals surface area contributed by atoms with Crippen molar-refractivity contribution in [3.8, 4) is 0 Å². The first-order chi connectivity index (χ1) is 15.4. The van der Waals surface area contributed by atoms with Gasteiger partial charge in [-0.1, -0.05) is 25.3 Å². The van der Waals surface area contributed by atoms with Crippen molar-refractivity contribution in [2.45, 2.75) is 42.4 Å². The van der Waals surface area contributed by atoms with Gasteiger partial charge in [-0.2, -0.15) is 0 Å². The van der Waals surface area contributed by atoms with Crippen LogP contribution in [0.1, 0.15) is 48.0 Å². The van der Waals surface area contributed by atoms with Crippen molar-refractivity contribution in [1.82, 2.24) is 4.31 Å². The zero-order chi connectivity index (χ0) is 24.0. The van der Waals surface area contributed by atoms with Crippen LogP contribution in [0.3, 0.4) is 0 Å². The second-order valence-electron chi connectivity index (χ2n) is 9.15. The molecule has 4 rings (SSSR count). The number of sulfonamides is 2.